The van der Waals surface area contributed by atoms with Gasteiger partial charge in [0.2, 0.25) is 0 Å². The van der Waals surface area contributed by atoms with Crippen LogP contribution in [0.5, 0.6) is 5.75 Å². The Labute approximate surface area is 147 Å². The largest absolute Gasteiger partial charge is 0.546 e. The number of hydrazone groups is 1. The smallest absolute Gasteiger partial charge is 0.128 e. The summed E-state index contributed by atoms with van der Waals surface area (Å²) in [7, 11) is 0. The third-order valence-corrected chi connectivity index (χ3v) is 3.45. The monoisotopic (exact) mass is 371 g/mol. The molecule has 23 heavy (non-hydrogen) atoms. The van der Waals surface area contributed by atoms with Crippen LogP contribution in [0.25, 0.3) is 0 Å². The molecule has 0 bridgehead atoms. The molecule has 2 aromatic rings. The van der Waals surface area contributed by atoms with E-state index < -0.39 is 12.6 Å². The molecule has 0 radical (unpaired) electrons. The molecule has 0 heterocycles. The van der Waals surface area contributed by atoms with E-state index in [4.69, 9.17) is 39.5 Å². The molecule has 5 nitrogen and oxygen atoms in total. The van der Waals surface area contributed by atoms with Gasteiger partial charge in [0.15, 0.2) is 0 Å². The van der Waals surface area contributed by atoms with E-state index in [-0.39, 0.29) is 0 Å². The predicted molar refractivity (Wildman–Crippen MR) is 89.6 cm³/mol. The van der Waals surface area contributed by atoms with Gasteiger partial charge in [0.05, 0.1) is 27.9 Å². The summed E-state index contributed by atoms with van der Waals surface area (Å²) >= 11 is 17.9. The molecular weight excluding hydrogens is 363 g/mol. The maximum Gasteiger partial charge on any atom is 0.128 e. The van der Waals surface area contributed by atoms with Gasteiger partial charge in [-0.1, -0.05) is 34.8 Å². The van der Waals surface area contributed by atoms with Gasteiger partial charge in [0.25, 0.3) is 0 Å². The van der Waals surface area contributed by atoms with Gasteiger partial charge in [-0.05, 0) is 42.0 Å². The lowest BCUT2D eigenvalue weighted by Gasteiger charge is -2.07. The minimum absolute atomic E-state index is 0.352. The third-order valence-electron chi connectivity index (χ3n) is 2.63. The van der Waals surface area contributed by atoms with Crippen molar-refractivity contribution in [2.45, 2.75) is 0 Å². The third kappa shape index (κ3) is 5.32. The number of carbonyl (C=O) groups is 1. The fourth-order valence-electron chi connectivity index (χ4n) is 1.61. The Morgan fingerprint density at radius 2 is 1.78 bits per heavy atom. The van der Waals surface area contributed by atoms with Crippen LogP contribution in [0.4, 0.5) is 5.69 Å². The van der Waals surface area contributed by atoms with Crippen molar-refractivity contribution in [2.24, 2.45) is 5.10 Å². The van der Waals surface area contributed by atoms with Crippen molar-refractivity contribution in [3.8, 4) is 5.75 Å². The number of nitrogens with one attached hydrogen (secondary N) is 1. The number of halogens is 3. The molecule has 8 heteroatoms. The van der Waals surface area contributed by atoms with E-state index in [1.54, 1.807) is 42.6 Å². The Bertz CT molecular complexity index is 710. The molecule has 2 rings (SSSR count). The van der Waals surface area contributed by atoms with Gasteiger partial charge in [-0.3, -0.25) is 5.43 Å². The zero-order valence-electron chi connectivity index (χ0n) is 11.6. The van der Waals surface area contributed by atoms with Gasteiger partial charge in [0.1, 0.15) is 12.4 Å². The van der Waals surface area contributed by atoms with E-state index in [0.29, 0.717) is 26.5 Å². The van der Waals surface area contributed by atoms with E-state index >= 15 is 0 Å². The fourth-order valence-corrected chi connectivity index (χ4v) is 2.51. The Kier molecular flexibility index (Phi) is 6.10. The lowest BCUT2D eigenvalue weighted by atomic mass is 10.2. The van der Waals surface area contributed by atoms with Gasteiger partial charge in [0, 0.05) is 5.02 Å². The van der Waals surface area contributed by atoms with Crippen LogP contribution in [0.2, 0.25) is 15.1 Å². The van der Waals surface area contributed by atoms with Gasteiger partial charge in [-0.2, -0.15) is 5.10 Å². The van der Waals surface area contributed by atoms with Crippen LogP contribution in [0.1, 0.15) is 5.56 Å². The van der Waals surface area contributed by atoms with Crippen molar-refractivity contribution in [1.29, 1.82) is 0 Å². The standard InChI is InChI=1S/C15H11Cl3N2O3/c16-10-5-12(17)15(13(18)6-10)20-19-7-9-1-3-11(4-2-9)23-8-14(21)22/h1-7,20H,8H2,(H,21,22)/p-1/b19-7-. The minimum Gasteiger partial charge on any atom is -0.546 e. The van der Waals surface area contributed by atoms with Crippen molar-refractivity contribution in [2.75, 3.05) is 12.0 Å². The normalized spacial score (nSPS) is 10.7. The average Bonchev–Trinajstić information content (AvgIpc) is 2.49. The van der Waals surface area contributed by atoms with Crippen molar-refractivity contribution in [1.82, 2.24) is 0 Å². The Hall–Kier alpha value is -1.95. The molecule has 0 amide bonds. The highest BCUT2D eigenvalue weighted by atomic mass is 35.5. The first-order valence-corrected chi connectivity index (χ1v) is 7.45. The number of carboxylic acids is 1. The van der Waals surface area contributed by atoms with Crippen LogP contribution in [-0.4, -0.2) is 18.8 Å². The quantitative estimate of drug-likeness (QED) is 0.624. The van der Waals surface area contributed by atoms with E-state index in [0.717, 1.165) is 5.56 Å². The average molecular weight is 373 g/mol. The molecular formula is C15H10Cl3N2O3-. The highest BCUT2D eigenvalue weighted by molar-refractivity contribution is 6.41. The Balaban J connectivity index is 2.00. The van der Waals surface area contributed by atoms with Crippen molar-refractivity contribution < 1.29 is 14.6 Å². The lowest BCUT2D eigenvalue weighted by Crippen LogP contribution is -2.28. The number of benzene rings is 2. The summed E-state index contributed by atoms with van der Waals surface area (Å²) in [5.41, 5.74) is 3.95. The number of hydrogen-bond donors (Lipinski definition) is 1. The zero-order valence-corrected chi connectivity index (χ0v) is 13.8. The van der Waals surface area contributed by atoms with Crippen molar-refractivity contribution >= 4 is 52.7 Å². The van der Waals surface area contributed by atoms with Crippen LogP contribution < -0.4 is 15.3 Å². The lowest BCUT2D eigenvalue weighted by molar-refractivity contribution is -0.307. The second-order valence-electron chi connectivity index (χ2n) is 4.34. The first kappa shape index (κ1) is 17.4. The summed E-state index contributed by atoms with van der Waals surface area (Å²) in [6.45, 7) is -0.497. The summed E-state index contributed by atoms with van der Waals surface area (Å²) < 4.78 is 4.97. The van der Waals surface area contributed by atoms with E-state index in [2.05, 4.69) is 10.5 Å². The summed E-state index contributed by atoms with van der Waals surface area (Å²) in [5, 5.41) is 15.5. The first-order chi connectivity index (χ1) is 11.0. The molecule has 0 atom stereocenters. The predicted octanol–water partition coefficient (Wildman–Crippen LogP) is 3.22. The van der Waals surface area contributed by atoms with Crippen LogP contribution in [-0.2, 0) is 4.79 Å². The van der Waals surface area contributed by atoms with Crippen molar-refractivity contribution in [3.05, 3.63) is 57.0 Å². The molecule has 0 aliphatic rings. The summed E-state index contributed by atoms with van der Waals surface area (Å²) in [6.07, 6.45) is 1.55. The molecule has 0 unspecified atom stereocenters. The molecule has 0 aromatic heterocycles. The fraction of sp³-hybridized carbons (Fsp3) is 0.0667. The molecule has 1 N–H and O–H groups in total. The second kappa shape index (κ2) is 8.06. The SMILES string of the molecule is O=C([O-])COc1ccc(/C=N\Nc2c(Cl)cc(Cl)cc2Cl)cc1. The first-order valence-electron chi connectivity index (χ1n) is 6.32. The summed E-state index contributed by atoms with van der Waals surface area (Å²) in [5.74, 6) is -0.861. The maximum atomic E-state index is 10.3. The Morgan fingerprint density at radius 3 is 2.35 bits per heavy atom. The number of carboxylic acid groups (broad SMARTS) is 1. The van der Waals surface area contributed by atoms with E-state index in [1.165, 1.54) is 0 Å². The number of aliphatic carboxylic acids is 1. The molecule has 0 spiro atoms. The molecule has 120 valence electrons. The van der Waals surface area contributed by atoms with Gasteiger partial charge in [-0.15, -0.1) is 0 Å². The van der Waals surface area contributed by atoms with Crippen LogP contribution in [0.3, 0.4) is 0 Å². The molecule has 0 fully saturated rings. The van der Waals surface area contributed by atoms with Crippen LogP contribution in [0.15, 0.2) is 41.5 Å². The summed E-state index contributed by atoms with van der Waals surface area (Å²) in [4.78, 5) is 10.3. The number of nitrogens with zero attached hydrogens (tertiary/aromatic N) is 1. The number of anilines is 1. The molecule has 0 aliphatic carbocycles. The second-order valence-corrected chi connectivity index (χ2v) is 5.59. The number of hydrogen-bond acceptors (Lipinski definition) is 5. The van der Waals surface area contributed by atoms with E-state index in [9.17, 15) is 9.90 Å². The van der Waals surface area contributed by atoms with E-state index in [1.807, 2.05) is 0 Å². The topological polar surface area (TPSA) is 73.8 Å². The van der Waals surface area contributed by atoms with Crippen LogP contribution >= 0.6 is 34.8 Å². The number of carbonyl (C=O) groups excluding carboxylic acids is 1. The van der Waals surface area contributed by atoms with Gasteiger partial charge in [-0.25, -0.2) is 0 Å². The zero-order chi connectivity index (χ0) is 16.8. The number of rotatable bonds is 6. The highest BCUT2D eigenvalue weighted by Crippen LogP contribution is 2.33. The van der Waals surface area contributed by atoms with Crippen LogP contribution in [0, 0.1) is 0 Å². The Morgan fingerprint density at radius 1 is 1.17 bits per heavy atom. The molecule has 0 aliphatic heterocycles. The van der Waals surface area contributed by atoms with Gasteiger partial charge < -0.3 is 14.6 Å². The van der Waals surface area contributed by atoms with Crippen molar-refractivity contribution in [3.63, 3.8) is 0 Å². The molecule has 0 saturated heterocycles. The summed E-state index contributed by atoms with van der Waals surface area (Å²) in [6, 6.07) is 9.76. The molecule has 0 saturated carbocycles. The molecule has 2 aromatic carbocycles. The highest BCUT2D eigenvalue weighted by Gasteiger charge is 2.06. The van der Waals surface area contributed by atoms with Gasteiger partial charge >= 0.3 is 0 Å². The number of ether oxygens (including phenoxy) is 1. The maximum absolute atomic E-state index is 10.3. The minimum atomic E-state index is -1.28.